The van der Waals surface area contributed by atoms with Crippen LogP contribution in [-0.4, -0.2) is 19.1 Å². The Hall–Kier alpha value is -2.63. The highest BCUT2D eigenvalue weighted by molar-refractivity contribution is 6.32. The van der Waals surface area contributed by atoms with Gasteiger partial charge in [-0.05, 0) is 56.4 Å². The minimum atomic E-state index is -0.248. The van der Waals surface area contributed by atoms with Crippen molar-refractivity contribution >= 4 is 23.0 Å². The molecule has 1 fully saturated rings. The lowest BCUT2D eigenvalue weighted by atomic mass is 10.0. The van der Waals surface area contributed by atoms with Crippen LogP contribution in [-0.2, 0) is 6.54 Å². The smallest absolute Gasteiger partial charge is 0.123 e. The van der Waals surface area contributed by atoms with Gasteiger partial charge in [0, 0.05) is 24.0 Å². The maximum absolute atomic E-state index is 13.1. The minimum Gasteiger partial charge on any atom is -0.384 e. The topological polar surface area (TPSA) is 63.0 Å². The predicted octanol–water partition coefficient (Wildman–Crippen LogP) is 6.90. The van der Waals surface area contributed by atoms with E-state index in [2.05, 4.69) is 22.2 Å². The van der Waals surface area contributed by atoms with Crippen LogP contribution in [0.15, 0.2) is 67.0 Å². The van der Waals surface area contributed by atoms with Crippen molar-refractivity contribution in [3.05, 3.63) is 89.0 Å². The average Bonchev–Trinajstić information content (AvgIpc) is 2.81. The molecule has 6 heteroatoms. The second-order valence-electron chi connectivity index (χ2n) is 7.93. The van der Waals surface area contributed by atoms with Crippen molar-refractivity contribution in [3.8, 4) is 0 Å². The molecule has 0 aliphatic heterocycles. The number of rotatable bonds is 6. The molecule has 4 N–H and O–H groups in total. The molecule has 2 aromatic rings. The number of nitrogens with zero attached hydrogens (tertiary/aromatic N) is 1. The quantitative estimate of drug-likeness (QED) is 0.400. The van der Waals surface area contributed by atoms with Gasteiger partial charge in [0.2, 0.25) is 0 Å². The Kier molecular flexibility index (Phi) is 14.6. The van der Waals surface area contributed by atoms with Gasteiger partial charge in [-0.25, -0.2) is 9.37 Å². The molecular formula is C27H38ClFN4. The van der Waals surface area contributed by atoms with E-state index in [4.69, 9.17) is 17.3 Å². The number of nitrogens with one attached hydrogen (secondary N) is 2. The Morgan fingerprint density at radius 2 is 1.76 bits per heavy atom. The number of aromatic nitrogens is 1. The number of benzene rings is 1. The molecule has 0 radical (unpaired) electrons. The van der Waals surface area contributed by atoms with Crippen LogP contribution in [0, 0.1) is 5.82 Å². The van der Waals surface area contributed by atoms with E-state index < -0.39 is 0 Å². The first-order valence-electron chi connectivity index (χ1n) is 11.4. The molecule has 0 bridgehead atoms. The van der Waals surface area contributed by atoms with Crippen molar-refractivity contribution in [1.29, 1.82) is 0 Å². The van der Waals surface area contributed by atoms with E-state index in [1.165, 1.54) is 56.9 Å². The lowest BCUT2D eigenvalue weighted by Gasteiger charge is -2.06. The lowest BCUT2D eigenvalue weighted by molar-refractivity contribution is 0.504. The number of hydrogen-bond acceptors (Lipinski definition) is 4. The van der Waals surface area contributed by atoms with Crippen molar-refractivity contribution in [2.75, 3.05) is 19.8 Å². The molecule has 33 heavy (non-hydrogen) atoms. The normalized spacial score (nSPS) is 13.4. The second kappa shape index (κ2) is 16.9. The lowest BCUT2D eigenvalue weighted by Crippen LogP contribution is -2.10. The number of pyridine rings is 1. The Morgan fingerprint density at radius 3 is 2.33 bits per heavy atom. The van der Waals surface area contributed by atoms with Crippen LogP contribution in [0.4, 0.5) is 10.2 Å². The maximum atomic E-state index is 13.1. The first kappa shape index (κ1) is 28.4. The zero-order chi connectivity index (χ0) is 24.5. The molecule has 0 spiro atoms. The van der Waals surface area contributed by atoms with Crippen LogP contribution < -0.4 is 16.4 Å². The molecule has 4 nitrogen and oxygen atoms in total. The summed E-state index contributed by atoms with van der Waals surface area (Å²) in [6, 6.07) is 8.18. The van der Waals surface area contributed by atoms with Crippen LogP contribution in [0.25, 0.3) is 5.57 Å². The molecule has 3 rings (SSSR count). The summed E-state index contributed by atoms with van der Waals surface area (Å²) < 4.78 is 13.1. The van der Waals surface area contributed by atoms with Gasteiger partial charge in [-0.1, -0.05) is 81.0 Å². The second-order valence-corrected chi connectivity index (χ2v) is 8.34. The highest BCUT2D eigenvalue weighted by Crippen LogP contribution is 2.24. The molecule has 1 aliphatic carbocycles. The van der Waals surface area contributed by atoms with E-state index in [1.807, 2.05) is 45.3 Å². The summed E-state index contributed by atoms with van der Waals surface area (Å²) in [6.45, 7) is 6.37. The Balaban J connectivity index is 0.000000506. The molecule has 0 unspecified atom stereocenters. The molecule has 1 aliphatic rings. The summed E-state index contributed by atoms with van der Waals surface area (Å²) in [6.07, 6.45) is 16.1. The van der Waals surface area contributed by atoms with Crippen molar-refractivity contribution in [2.24, 2.45) is 0 Å². The van der Waals surface area contributed by atoms with E-state index in [0.29, 0.717) is 17.4 Å². The number of allylic oxidation sites excluding steroid dienone is 4. The van der Waals surface area contributed by atoms with Crippen molar-refractivity contribution in [3.63, 3.8) is 0 Å². The molecule has 1 aromatic carbocycles. The molecule has 1 saturated carbocycles. The number of hydrogen-bond donors (Lipinski definition) is 3. The summed E-state index contributed by atoms with van der Waals surface area (Å²) in [7, 11) is 3.75. The Labute approximate surface area is 203 Å². The van der Waals surface area contributed by atoms with Gasteiger partial charge in [0.25, 0.3) is 0 Å². The fraction of sp³-hybridized carbons (Fsp3) is 0.370. The van der Waals surface area contributed by atoms with Crippen LogP contribution in [0.3, 0.4) is 0 Å². The predicted molar refractivity (Wildman–Crippen MR) is 142 cm³/mol. The molecule has 0 amide bonds. The van der Waals surface area contributed by atoms with Crippen LogP contribution >= 0.6 is 11.6 Å². The minimum absolute atomic E-state index is 0.248. The molecular weight excluding hydrogens is 435 g/mol. The van der Waals surface area contributed by atoms with Crippen LogP contribution in [0.2, 0.25) is 5.02 Å². The standard InChI is InChI=1S/C19H19ClFN3.C6H12.C2H7N/c1-13(17-10-19(22)24-12-18(17)20)5-3-6-14(2)23-11-15-7-4-8-16(21)9-15;1-2-4-6-5-3-1;1-3-2/h3-10,12,23H,2,11H2,1H3,(H2,22,24);1-6H2;3H,1-2H3/b6-3-,13-5+;;. The molecule has 1 heterocycles. The highest BCUT2D eigenvalue weighted by Gasteiger charge is 2.03. The summed E-state index contributed by atoms with van der Waals surface area (Å²) in [5.41, 5.74) is 9.07. The van der Waals surface area contributed by atoms with Gasteiger partial charge in [0.05, 0.1) is 5.02 Å². The maximum Gasteiger partial charge on any atom is 0.123 e. The highest BCUT2D eigenvalue weighted by atomic mass is 35.5. The molecule has 0 atom stereocenters. The van der Waals surface area contributed by atoms with Crippen molar-refractivity contribution in [1.82, 2.24) is 15.6 Å². The summed E-state index contributed by atoms with van der Waals surface area (Å²) in [5.74, 6) is 0.176. The third-order valence-electron chi connectivity index (χ3n) is 4.85. The third kappa shape index (κ3) is 12.9. The van der Waals surface area contributed by atoms with Gasteiger partial charge in [0.1, 0.15) is 11.6 Å². The van der Waals surface area contributed by atoms with Gasteiger partial charge in [-0.2, -0.15) is 0 Å². The zero-order valence-electron chi connectivity index (χ0n) is 20.1. The number of nitrogens with two attached hydrogens (primary N) is 1. The molecule has 1 aromatic heterocycles. The van der Waals surface area contributed by atoms with Gasteiger partial charge in [-0.3, -0.25) is 0 Å². The fourth-order valence-corrected chi connectivity index (χ4v) is 3.39. The fourth-order valence-electron chi connectivity index (χ4n) is 3.14. The van der Waals surface area contributed by atoms with Gasteiger partial charge in [0.15, 0.2) is 0 Å². The van der Waals surface area contributed by atoms with Gasteiger partial charge < -0.3 is 16.4 Å². The number of nitrogen functional groups attached to an aromatic ring is 1. The largest absolute Gasteiger partial charge is 0.384 e. The van der Waals surface area contributed by atoms with Crippen molar-refractivity contribution in [2.45, 2.75) is 52.0 Å². The number of halogens is 2. The van der Waals surface area contributed by atoms with Crippen LogP contribution in [0.1, 0.15) is 56.6 Å². The third-order valence-corrected chi connectivity index (χ3v) is 5.15. The molecule has 0 saturated heterocycles. The monoisotopic (exact) mass is 472 g/mol. The van der Waals surface area contributed by atoms with Crippen molar-refractivity contribution < 1.29 is 4.39 Å². The van der Waals surface area contributed by atoms with E-state index in [9.17, 15) is 4.39 Å². The SMILES string of the molecule is C1CCCCC1.C=C(/C=C\C=C(/C)c1cc(N)ncc1Cl)NCc1cccc(F)c1.CNC. The first-order valence-corrected chi connectivity index (χ1v) is 11.8. The van der Waals surface area contributed by atoms with E-state index in [1.54, 1.807) is 12.1 Å². The van der Waals surface area contributed by atoms with Crippen LogP contribution in [0.5, 0.6) is 0 Å². The van der Waals surface area contributed by atoms with Gasteiger partial charge >= 0.3 is 0 Å². The van der Waals surface area contributed by atoms with E-state index >= 15 is 0 Å². The summed E-state index contributed by atoms with van der Waals surface area (Å²) >= 11 is 6.12. The molecule has 180 valence electrons. The number of anilines is 1. The first-order chi connectivity index (χ1) is 15.9. The Bertz CT molecular complexity index is 893. The van der Waals surface area contributed by atoms with Gasteiger partial charge in [-0.15, -0.1) is 0 Å². The van der Waals surface area contributed by atoms with E-state index in [0.717, 1.165) is 22.4 Å². The average molecular weight is 473 g/mol. The zero-order valence-corrected chi connectivity index (χ0v) is 20.9. The van der Waals surface area contributed by atoms with E-state index in [-0.39, 0.29) is 5.82 Å². The Morgan fingerprint density at radius 1 is 1.15 bits per heavy atom. The summed E-state index contributed by atoms with van der Waals surface area (Å²) in [5, 5.41) is 6.43. The summed E-state index contributed by atoms with van der Waals surface area (Å²) in [4.78, 5) is 3.94.